The molecule has 0 amide bonds. The number of aryl methyl sites for hydroxylation is 1. The zero-order chi connectivity index (χ0) is 31.4. The molecular formula is C36H35N5O4. The van der Waals surface area contributed by atoms with E-state index in [9.17, 15) is 9.59 Å². The van der Waals surface area contributed by atoms with Crippen molar-refractivity contribution in [3.63, 3.8) is 0 Å². The molecule has 2 aromatic heterocycles. The molecule has 2 heterocycles. The number of hydrogen-bond acceptors (Lipinski definition) is 9. The Hall–Kier alpha value is -5.18. The lowest BCUT2D eigenvalue weighted by molar-refractivity contribution is 0.109. The molecule has 1 N–H and O–H groups in total. The van der Waals surface area contributed by atoms with Gasteiger partial charge in [0.05, 0.1) is 5.69 Å². The average molecular weight is 602 g/mol. The second-order valence-electron chi connectivity index (χ2n) is 12.1. The van der Waals surface area contributed by atoms with Gasteiger partial charge in [-0.15, -0.1) is 0 Å². The van der Waals surface area contributed by atoms with E-state index in [-0.39, 0.29) is 5.41 Å². The van der Waals surface area contributed by atoms with Gasteiger partial charge in [-0.05, 0) is 78.3 Å². The molecule has 1 fully saturated rings. The third-order valence-corrected chi connectivity index (χ3v) is 8.55. The highest BCUT2D eigenvalue weighted by Crippen LogP contribution is 2.35. The molecule has 1 aliphatic rings. The summed E-state index contributed by atoms with van der Waals surface area (Å²) in [6, 6.07) is 24.7. The number of aromatic nitrogens is 4. The van der Waals surface area contributed by atoms with Gasteiger partial charge in [-0.3, -0.25) is 9.59 Å². The molecule has 45 heavy (non-hydrogen) atoms. The predicted molar refractivity (Wildman–Crippen MR) is 170 cm³/mol. The molecule has 0 bridgehead atoms. The minimum atomic E-state index is -0.174. The van der Waals surface area contributed by atoms with Crippen molar-refractivity contribution in [1.29, 1.82) is 0 Å². The SMILES string of the molecule is Cc1nc(-c2nccc(COc3ccc(C(C)(C)c4ccc(CC5CC(Nc6ccc(C=O)c(C=O)c6)C5)cc4)cc3)n2)no1. The number of nitrogens with one attached hydrogen (secondary N) is 1. The summed E-state index contributed by atoms with van der Waals surface area (Å²) in [5.41, 5.74) is 6.06. The maximum absolute atomic E-state index is 11.3. The van der Waals surface area contributed by atoms with Gasteiger partial charge in [-0.25, -0.2) is 9.97 Å². The van der Waals surface area contributed by atoms with E-state index in [1.807, 2.05) is 18.2 Å². The smallest absolute Gasteiger partial charge is 0.240 e. The van der Waals surface area contributed by atoms with Gasteiger partial charge < -0.3 is 14.6 Å². The predicted octanol–water partition coefficient (Wildman–Crippen LogP) is 6.80. The Bertz CT molecular complexity index is 1790. The largest absolute Gasteiger partial charge is 0.487 e. The van der Waals surface area contributed by atoms with E-state index in [2.05, 4.69) is 75.7 Å². The summed E-state index contributed by atoms with van der Waals surface area (Å²) >= 11 is 0. The van der Waals surface area contributed by atoms with Crippen molar-refractivity contribution in [2.24, 2.45) is 5.92 Å². The molecule has 0 aliphatic heterocycles. The highest BCUT2D eigenvalue weighted by molar-refractivity contribution is 5.91. The summed E-state index contributed by atoms with van der Waals surface area (Å²) in [6.07, 6.45) is 6.29. The van der Waals surface area contributed by atoms with E-state index >= 15 is 0 Å². The number of ether oxygens (including phenoxy) is 1. The van der Waals surface area contributed by atoms with E-state index in [1.165, 1.54) is 16.7 Å². The molecule has 3 aromatic carbocycles. The average Bonchev–Trinajstić information content (AvgIpc) is 3.49. The lowest BCUT2D eigenvalue weighted by Gasteiger charge is -2.37. The van der Waals surface area contributed by atoms with Crippen LogP contribution in [0.15, 0.2) is 83.5 Å². The Morgan fingerprint density at radius 3 is 2.27 bits per heavy atom. The minimum absolute atomic E-state index is 0.174. The molecule has 0 saturated heterocycles. The Morgan fingerprint density at radius 2 is 1.60 bits per heavy atom. The zero-order valence-corrected chi connectivity index (χ0v) is 25.6. The summed E-state index contributed by atoms with van der Waals surface area (Å²) in [5, 5.41) is 7.38. The first kappa shape index (κ1) is 29.9. The molecule has 0 atom stereocenters. The maximum Gasteiger partial charge on any atom is 0.240 e. The molecule has 228 valence electrons. The van der Waals surface area contributed by atoms with Crippen LogP contribution in [0.3, 0.4) is 0 Å². The van der Waals surface area contributed by atoms with Crippen molar-refractivity contribution in [2.75, 3.05) is 5.32 Å². The van der Waals surface area contributed by atoms with E-state index in [0.717, 1.165) is 42.7 Å². The normalized spacial score (nSPS) is 16.1. The van der Waals surface area contributed by atoms with Crippen molar-refractivity contribution in [3.8, 4) is 17.4 Å². The first-order valence-electron chi connectivity index (χ1n) is 15.1. The van der Waals surface area contributed by atoms with E-state index in [0.29, 0.717) is 53.5 Å². The van der Waals surface area contributed by atoms with Crippen LogP contribution in [0.1, 0.15) is 75.7 Å². The van der Waals surface area contributed by atoms with Crippen LogP contribution >= 0.6 is 0 Å². The van der Waals surface area contributed by atoms with E-state index in [1.54, 1.807) is 31.3 Å². The lowest BCUT2D eigenvalue weighted by Crippen LogP contribution is -2.36. The summed E-state index contributed by atoms with van der Waals surface area (Å²) < 4.78 is 11.0. The second kappa shape index (κ2) is 12.8. The van der Waals surface area contributed by atoms with Crippen LogP contribution in [-0.2, 0) is 18.4 Å². The van der Waals surface area contributed by atoms with Gasteiger partial charge in [0.25, 0.3) is 0 Å². The van der Waals surface area contributed by atoms with Gasteiger partial charge >= 0.3 is 0 Å². The quantitative estimate of drug-likeness (QED) is 0.154. The lowest BCUT2D eigenvalue weighted by atomic mass is 9.75. The van der Waals surface area contributed by atoms with Crippen LogP contribution in [0.2, 0.25) is 0 Å². The third-order valence-electron chi connectivity index (χ3n) is 8.55. The monoisotopic (exact) mass is 601 g/mol. The topological polar surface area (TPSA) is 120 Å². The molecule has 6 rings (SSSR count). The minimum Gasteiger partial charge on any atom is -0.487 e. The number of anilines is 1. The fourth-order valence-electron chi connectivity index (χ4n) is 5.79. The van der Waals surface area contributed by atoms with Crippen molar-refractivity contribution in [3.05, 3.63) is 118 Å². The fraction of sp³-hybridized carbons (Fsp3) is 0.278. The number of carbonyl (C=O) groups excluding carboxylic acids is 2. The third kappa shape index (κ3) is 6.82. The number of nitrogens with zero attached hydrogens (tertiary/aromatic N) is 4. The summed E-state index contributed by atoms with van der Waals surface area (Å²) in [7, 11) is 0. The van der Waals surface area contributed by atoms with E-state index in [4.69, 9.17) is 9.26 Å². The van der Waals surface area contributed by atoms with Crippen LogP contribution in [0.25, 0.3) is 11.6 Å². The molecule has 0 unspecified atom stereocenters. The van der Waals surface area contributed by atoms with Crippen molar-refractivity contribution in [1.82, 2.24) is 20.1 Å². The zero-order valence-electron chi connectivity index (χ0n) is 25.6. The molecule has 0 radical (unpaired) electrons. The molecule has 9 nitrogen and oxygen atoms in total. The van der Waals surface area contributed by atoms with Crippen LogP contribution in [0, 0.1) is 12.8 Å². The molecular weight excluding hydrogens is 566 g/mol. The summed E-state index contributed by atoms with van der Waals surface area (Å²) in [6.45, 7) is 6.49. The summed E-state index contributed by atoms with van der Waals surface area (Å²) in [4.78, 5) is 35.2. The first-order chi connectivity index (χ1) is 21.8. The highest BCUT2D eigenvalue weighted by Gasteiger charge is 2.29. The van der Waals surface area contributed by atoms with Crippen LogP contribution < -0.4 is 10.1 Å². The fourth-order valence-corrected chi connectivity index (χ4v) is 5.79. The molecule has 9 heteroatoms. The summed E-state index contributed by atoms with van der Waals surface area (Å²) in [5.74, 6) is 2.60. The Labute approximate surface area is 262 Å². The van der Waals surface area contributed by atoms with Crippen LogP contribution in [-0.4, -0.2) is 38.7 Å². The second-order valence-corrected chi connectivity index (χ2v) is 12.1. The number of benzene rings is 3. The van der Waals surface area contributed by atoms with E-state index < -0.39 is 0 Å². The van der Waals surface area contributed by atoms with Crippen LogP contribution in [0.5, 0.6) is 5.75 Å². The van der Waals surface area contributed by atoms with Gasteiger partial charge in [-0.1, -0.05) is 55.4 Å². The van der Waals surface area contributed by atoms with Crippen molar-refractivity contribution in [2.45, 2.75) is 58.1 Å². The van der Waals surface area contributed by atoms with Crippen LogP contribution in [0.4, 0.5) is 5.69 Å². The van der Waals surface area contributed by atoms with Gasteiger partial charge in [-0.2, -0.15) is 4.98 Å². The highest BCUT2D eigenvalue weighted by atomic mass is 16.5. The molecule has 1 aliphatic carbocycles. The number of rotatable bonds is 12. The molecule has 1 saturated carbocycles. The number of hydrogen-bond donors (Lipinski definition) is 1. The van der Waals surface area contributed by atoms with Gasteiger partial charge in [0.15, 0.2) is 12.6 Å². The van der Waals surface area contributed by atoms with Gasteiger partial charge in [0.1, 0.15) is 12.4 Å². The molecule has 5 aromatic rings. The number of carbonyl (C=O) groups is 2. The Balaban J connectivity index is 1.00. The van der Waals surface area contributed by atoms with Gasteiger partial charge in [0, 0.05) is 41.4 Å². The van der Waals surface area contributed by atoms with Crippen molar-refractivity contribution < 1.29 is 18.8 Å². The molecule has 0 spiro atoms. The van der Waals surface area contributed by atoms with Gasteiger partial charge in [0.2, 0.25) is 17.5 Å². The Morgan fingerprint density at radius 1 is 0.889 bits per heavy atom. The Kier molecular flexibility index (Phi) is 8.51. The first-order valence-corrected chi connectivity index (χ1v) is 15.1. The van der Waals surface area contributed by atoms with Crippen molar-refractivity contribution >= 4 is 18.3 Å². The standard InChI is InChI=1S/C36H35N5O4/c1-23-38-35(41-45-23)34-37-15-14-31(40-34)22-44-33-12-9-29(10-13-33)36(2,3)28-7-4-24(5-8-28)16-25-17-32(18-25)39-30-11-6-26(20-42)27(19-30)21-43/h4-15,19-21,25,32,39H,16-18,22H2,1-3H3. The maximum atomic E-state index is 11.3. The number of aldehydes is 2.